The van der Waals surface area contributed by atoms with Gasteiger partial charge in [0.25, 0.3) is 0 Å². The monoisotopic (exact) mass is 275 g/mol. The smallest absolute Gasteiger partial charge is 0.323 e. The quantitative estimate of drug-likeness (QED) is 0.820. The summed E-state index contributed by atoms with van der Waals surface area (Å²) in [4.78, 5) is 27.4. The number of carboxylic acid groups (broad SMARTS) is 1. The van der Waals surface area contributed by atoms with E-state index in [1.807, 2.05) is 19.0 Å². The molecule has 0 amide bonds. The fraction of sp³-hybridized carbons (Fsp3) is 0.385. The second-order valence-corrected chi connectivity index (χ2v) is 4.69. The van der Waals surface area contributed by atoms with Gasteiger partial charge in [-0.25, -0.2) is 9.97 Å². The predicted octanol–water partition coefficient (Wildman–Crippen LogP) is 0.477. The first-order valence-electron chi connectivity index (χ1n) is 6.25. The van der Waals surface area contributed by atoms with Crippen molar-refractivity contribution in [3.05, 3.63) is 24.5 Å². The van der Waals surface area contributed by atoms with Crippen LogP contribution in [0.4, 0.5) is 5.82 Å². The van der Waals surface area contributed by atoms with Gasteiger partial charge in [-0.05, 0) is 26.2 Å². The minimum atomic E-state index is -0.884. The number of aromatic nitrogens is 3. The zero-order valence-electron chi connectivity index (χ0n) is 11.5. The first-order valence-corrected chi connectivity index (χ1v) is 6.25. The van der Waals surface area contributed by atoms with Crippen LogP contribution < -0.4 is 4.90 Å². The van der Waals surface area contributed by atoms with Crippen molar-refractivity contribution in [2.45, 2.75) is 0 Å². The van der Waals surface area contributed by atoms with Gasteiger partial charge in [0, 0.05) is 25.5 Å². The average molecular weight is 275 g/mol. The van der Waals surface area contributed by atoms with Crippen LogP contribution in [-0.2, 0) is 4.79 Å². The third-order valence-corrected chi connectivity index (χ3v) is 2.78. The van der Waals surface area contributed by atoms with Crippen LogP contribution in [0.2, 0.25) is 0 Å². The van der Waals surface area contributed by atoms with Gasteiger partial charge in [0.15, 0.2) is 5.65 Å². The molecule has 106 valence electrons. The number of anilines is 1. The number of aliphatic carboxylic acids is 1. The summed E-state index contributed by atoms with van der Waals surface area (Å²) >= 11 is 0. The second kappa shape index (κ2) is 6.25. The summed E-state index contributed by atoms with van der Waals surface area (Å²) in [6.45, 7) is 1.23. The minimum absolute atomic E-state index is 0.0907. The predicted molar refractivity (Wildman–Crippen MR) is 75.7 cm³/mol. The van der Waals surface area contributed by atoms with E-state index in [9.17, 15) is 4.79 Å². The molecule has 0 saturated carbocycles. The van der Waals surface area contributed by atoms with Crippen LogP contribution in [0.1, 0.15) is 0 Å². The summed E-state index contributed by atoms with van der Waals surface area (Å²) in [5.41, 5.74) is 1.21. The fourth-order valence-corrected chi connectivity index (χ4v) is 1.78. The van der Waals surface area contributed by atoms with E-state index in [1.54, 1.807) is 29.4 Å². The Labute approximate surface area is 116 Å². The van der Waals surface area contributed by atoms with Gasteiger partial charge in [-0.15, -0.1) is 0 Å². The van der Waals surface area contributed by atoms with E-state index in [1.165, 1.54) is 0 Å². The second-order valence-electron chi connectivity index (χ2n) is 4.69. The maximum Gasteiger partial charge on any atom is 0.323 e. The van der Waals surface area contributed by atoms with Crippen molar-refractivity contribution in [2.75, 3.05) is 38.6 Å². The lowest BCUT2D eigenvalue weighted by Crippen LogP contribution is -2.36. The number of likely N-dealkylation sites (N-methyl/N-ethyl adjacent to an activating group) is 1. The van der Waals surface area contributed by atoms with Gasteiger partial charge in [-0.3, -0.25) is 9.78 Å². The molecule has 0 unspecified atom stereocenters. The van der Waals surface area contributed by atoms with Crippen LogP contribution in [0.5, 0.6) is 0 Å². The van der Waals surface area contributed by atoms with E-state index in [2.05, 4.69) is 15.0 Å². The third kappa shape index (κ3) is 3.61. The van der Waals surface area contributed by atoms with E-state index < -0.39 is 5.97 Å². The van der Waals surface area contributed by atoms with Crippen molar-refractivity contribution in [3.8, 4) is 0 Å². The molecule has 0 bridgehead atoms. The summed E-state index contributed by atoms with van der Waals surface area (Å²) < 4.78 is 0. The largest absolute Gasteiger partial charge is 0.480 e. The van der Waals surface area contributed by atoms with Gasteiger partial charge in [0.1, 0.15) is 17.9 Å². The molecule has 7 nitrogen and oxygen atoms in total. The number of nitrogens with zero attached hydrogens (tertiary/aromatic N) is 5. The molecule has 0 aliphatic heterocycles. The number of rotatable bonds is 6. The van der Waals surface area contributed by atoms with E-state index in [0.29, 0.717) is 23.5 Å². The first-order chi connectivity index (χ1) is 9.56. The Bertz CT molecular complexity index is 602. The molecule has 2 aromatic rings. The highest BCUT2D eigenvalue weighted by atomic mass is 16.4. The van der Waals surface area contributed by atoms with Crippen molar-refractivity contribution < 1.29 is 9.90 Å². The highest BCUT2D eigenvalue weighted by molar-refractivity contribution is 5.75. The molecule has 7 heteroatoms. The maximum absolute atomic E-state index is 11.0. The molecule has 0 saturated heterocycles. The Morgan fingerprint density at radius 2 is 1.95 bits per heavy atom. The SMILES string of the molecule is CN(C)CCN(CC(=O)O)c1ccc2nccnc2n1. The third-order valence-electron chi connectivity index (χ3n) is 2.78. The standard InChI is InChI=1S/C13H17N5O2/c1-17(2)7-8-18(9-12(19)20)11-4-3-10-13(16-11)15-6-5-14-10/h3-6H,7-9H2,1-2H3,(H,19,20). The van der Waals surface area contributed by atoms with E-state index in [4.69, 9.17) is 5.11 Å². The van der Waals surface area contributed by atoms with E-state index in [-0.39, 0.29) is 6.54 Å². The Hall–Kier alpha value is -2.28. The van der Waals surface area contributed by atoms with Crippen molar-refractivity contribution >= 4 is 23.0 Å². The van der Waals surface area contributed by atoms with Crippen LogP contribution in [-0.4, -0.2) is 64.7 Å². The van der Waals surface area contributed by atoms with Gasteiger partial charge < -0.3 is 14.9 Å². The molecule has 0 radical (unpaired) electrons. The molecule has 0 aliphatic rings. The molecule has 0 aliphatic carbocycles. The number of carbonyl (C=O) groups is 1. The highest BCUT2D eigenvalue weighted by Gasteiger charge is 2.13. The summed E-state index contributed by atoms with van der Waals surface area (Å²) in [6, 6.07) is 3.57. The van der Waals surface area contributed by atoms with E-state index >= 15 is 0 Å². The fourth-order valence-electron chi connectivity index (χ4n) is 1.78. The van der Waals surface area contributed by atoms with E-state index in [0.717, 1.165) is 6.54 Å². The van der Waals surface area contributed by atoms with Crippen molar-refractivity contribution in [2.24, 2.45) is 0 Å². The zero-order valence-corrected chi connectivity index (χ0v) is 11.5. The van der Waals surface area contributed by atoms with Crippen LogP contribution >= 0.6 is 0 Å². The molecule has 2 rings (SSSR count). The van der Waals surface area contributed by atoms with Crippen LogP contribution in [0.3, 0.4) is 0 Å². The number of carboxylic acids is 1. The lowest BCUT2D eigenvalue weighted by Gasteiger charge is -2.23. The van der Waals surface area contributed by atoms with Gasteiger partial charge in [0.05, 0.1) is 0 Å². The first kappa shape index (κ1) is 14.1. The number of fused-ring (bicyclic) bond motifs is 1. The normalized spacial score (nSPS) is 10.9. The van der Waals surface area contributed by atoms with Crippen molar-refractivity contribution in [1.29, 1.82) is 0 Å². The summed E-state index contributed by atoms with van der Waals surface area (Å²) in [5, 5.41) is 9.01. The number of hydrogen-bond donors (Lipinski definition) is 1. The summed E-state index contributed by atoms with van der Waals surface area (Å²) in [6.07, 6.45) is 3.17. The van der Waals surface area contributed by atoms with Crippen LogP contribution in [0.15, 0.2) is 24.5 Å². The molecule has 2 aromatic heterocycles. The van der Waals surface area contributed by atoms with Gasteiger partial charge >= 0.3 is 5.97 Å². The van der Waals surface area contributed by atoms with Crippen LogP contribution in [0, 0.1) is 0 Å². The maximum atomic E-state index is 11.0. The molecular formula is C13H17N5O2. The molecule has 1 N–H and O–H groups in total. The zero-order chi connectivity index (χ0) is 14.5. The Kier molecular flexibility index (Phi) is 4.41. The molecule has 0 aromatic carbocycles. The summed E-state index contributed by atoms with van der Waals surface area (Å²) in [5.74, 6) is -0.285. The molecule has 0 atom stereocenters. The highest BCUT2D eigenvalue weighted by Crippen LogP contribution is 2.14. The van der Waals surface area contributed by atoms with Crippen molar-refractivity contribution in [3.63, 3.8) is 0 Å². The Balaban J connectivity index is 2.26. The number of pyridine rings is 1. The Morgan fingerprint density at radius 1 is 1.20 bits per heavy atom. The van der Waals surface area contributed by atoms with Gasteiger partial charge in [-0.2, -0.15) is 0 Å². The molecule has 0 fully saturated rings. The topological polar surface area (TPSA) is 82.5 Å². The lowest BCUT2D eigenvalue weighted by atomic mass is 10.3. The average Bonchev–Trinajstić information content (AvgIpc) is 2.42. The molecule has 20 heavy (non-hydrogen) atoms. The van der Waals surface area contributed by atoms with Crippen LogP contribution in [0.25, 0.3) is 11.2 Å². The lowest BCUT2D eigenvalue weighted by molar-refractivity contribution is -0.135. The minimum Gasteiger partial charge on any atom is -0.480 e. The summed E-state index contributed by atoms with van der Waals surface area (Å²) in [7, 11) is 3.89. The van der Waals surface area contributed by atoms with Crippen molar-refractivity contribution in [1.82, 2.24) is 19.9 Å². The van der Waals surface area contributed by atoms with Gasteiger partial charge in [-0.1, -0.05) is 0 Å². The molecule has 2 heterocycles. The number of hydrogen-bond acceptors (Lipinski definition) is 6. The molecular weight excluding hydrogens is 258 g/mol. The molecule has 0 spiro atoms. The Morgan fingerprint density at radius 3 is 2.65 bits per heavy atom. The van der Waals surface area contributed by atoms with Gasteiger partial charge in [0.2, 0.25) is 0 Å².